The number of methoxy groups -OCH3 is 1. The second-order valence-electron chi connectivity index (χ2n) is 7.30. The quantitative estimate of drug-likeness (QED) is 0.523. The highest BCUT2D eigenvalue weighted by Gasteiger charge is 2.29. The van der Waals surface area contributed by atoms with Crippen molar-refractivity contribution in [3.8, 4) is 5.75 Å². The number of carbonyl (C=O) groups excluding carboxylic acids is 1. The number of nitrogens with zero attached hydrogens (tertiary/aromatic N) is 6. The Kier molecular flexibility index (Phi) is 4.39. The van der Waals surface area contributed by atoms with Crippen LogP contribution < -0.4 is 4.74 Å². The van der Waals surface area contributed by atoms with Gasteiger partial charge in [0.15, 0.2) is 0 Å². The highest BCUT2D eigenvalue weighted by Crippen LogP contribution is 2.25. The SMILES string of the molecule is COc1ccc(Cc2ncc3c(n2)CN(C(=O)c2c(C)nn4ncccc24)C3)cc1. The molecule has 0 N–H and O–H groups in total. The van der Waals surface area contributed by atoms with Gasteiger partial charge in [-0.05, 0) is 36.8 Å². The lowest BCUT2D eigenvalue weighted by molar-refractivity contribution is 0.0751. The number of aromatic nitrogens is 5. The molecule has 0 unspecified atom stereocenters. The Morgan fingerprint density at radius 2 is 2.00 bits per heavy atom. The highest BCUT2D eigenvalue weighted by atomic mass is 16.5. The fourth-order valence-corrected chi connectivity index (χ4v) is 3.78. The van der Waals surface area contributed by atoms with Crippen LogP contribution in [-0.2, 0) is 19.5 Å². The molecule has 1 aliphatic rings. The van der Waals surface area contributed by atoms with Gasteiger partial charge in [0.2, 0.25) is 0 Å². The predicted molar refractivity (Wildman–Crippen MR) is 109 cm³/mol. The summed E-state index contributed by atoms with van der Waals surface area (Å²) in [6.45, 7) is 2.79. The maximum atomic E-state index is 13.2. The monoisotopic (exact) mass is 400 g/mol. The van der Waals surface area contributed by atoms with Gasteiger partial charge in [-0.3, -0.25) is 4.79 Å². The molecular weight excluding hydrogens is 380 g/mol. The molecule has 0 radical (unpaired) electrons. The molecule has 0 spiro atoms. The molecule has 4 aromatic rings. The number of benzene rings is 1. The van der Waals surface area contributed by atoms with Crippen molar-refractivity contribution in [3.63, 3.8) is 0 Å². The van der Waals surface area contributed by atoms with Crippen LogP contribution in [0.15, 0.2) is 48.8 Å². The first-order valence-corrected chi connectivity index (χ1v) is 9.69. The Balaban J connectivity index is 1.36. The first kappa shape index (κ1) is 18.2. The molecule has 30 heavy (non-hydrogen) atoms. The van der Waals surface area contributed by atoms with Gasteiger partial charge in [-0.15, -0.1) is 0 Å². The lowest BCUT2D eigenvalue weighted by Gasteiger charge is -2.14. The molecule has 1 aliphatic heterocycles. The van der Waals surface area contributed by atoms with Crippen LogP contribution in [0, 0.1) is 6.92 Å². The Morgan fingerprint density at radius 1 is 1.17 bits per heavy atom. The Bertz CT molecular complexity index is 1250. The number of hydrogen-bond donors (Lipinski definition) is 0. The van der Waals surface area contributed by atoms with Crippen LogP contribution in [0.1, 0.15) is 38.7 Å². The maximum Gasteiger partial charge on any atom is 0.258 e. The summed E-state index contributed by atoms with van der Waals surface area (Å²) in [5.74, 6) is 1.50. The zero-order valence-corrected chi connectivity index (χ0v) is 16.7. The Labute approximate surface area is 173 Å². The van der Waals surface area contributed by atoms with E-state index in [0.717, 1.165) is 28.4 Å². The van der Waals surface area contributed by atoms with E-state index in [2.05, 4.69) is 15.2 Å². The van der Waals surface area contributed by atoms with Crippen molar-refractivity contribution < 1.29 is 9.53 Å². The average Bonchev–Trinajstić information content (AvgIpc) is 3.33. The molecule has 8 nitrogen and oxygen atoms in total. The predicted octanol–water partition coefficient (Wildman–Crippen LogP) is 2.58. The van der Waals surface area contributed by atoms with Crippen LogP contribution in [0.3, 0.4) is 0 Å². The molecule has 5 rings (SSSR count). The number of hydrogen-bond acceptors (Lipinski definition) is 6. The van der Waals surface area contributed by atoms with E-state index in [-0.39, 0.29) is 5.91 Å². The maximum absolute atomic E-state index is 13.2. The van der Waals surface area contributed by atoms with E-state index in [1.165, 1.54) is 4.63 Å². The van der Waals surface area contributed by atoms with Crippen LogP contribution in [-0.4, -0.2) is 42.7 Å². The van der Waals surface area contributed by atoms with Crippen molar-refractivity contribution in [2.24, 2.45) is 0 Å². The molecule has 0 aliphatic carbocycles. The molecule has 0 saturated carbocycles. The van der Waals surface area contributed by atoms with Gasteiger partial charge in [0.25, 0.3) is 5.91 Å². The molecule has 0 fully saturated rings. The molecule has 150 valence electrons. The molecule has 4 heterocycles. The smallest absolute Gasteiger partial charge is 0.258 e. The lowest BCUT2D eigenvalue weighted by atomic mass is 10.1. The van der Waals surface area contributed by atoms with E-state index in [9.17, 15) is 4.79 Å². The van der Waals surface area contributed by atoms with Crippen LogP contribution in [0.25, 0.3) is 5.52 Å². The van der Waals surface area contributed by atoms with E-state index in [1.54, 1.807) is 18.2 Å². The number of ether oxygens (including phenoxy) is 1. The van der Waals surface area contributed by atoms with Crippen molar-refractivity contribution in [1.82, 2.24) is 29.7 Å². The summed E-state index contributed by atoms with van der Waals surface area (Å²) in [5, 5.41) is 8.53. The minimum Gasteiger partial charge on any atom is -0.497 e. The van der Waals surface area contributed by atoms with E-state index >= 15 is 0 Å². The fourth-order valence-electron chi connectivity index (χ4n) is 3.78. The lowest BCUT2D eigenvalue weighted by Crippen LogP contribution is -2.26. The van der Waals surface area contributed by atoms with Crippen LogP contribution in [0.2, 0.25) is 0 Å². The molecule has 1 aromatic carbocycles. The summed E-state index contributed by atoms with van der Waals surface area (Å²) in [5.41, 5.74) is 4.95. The zero-order chi connectivity index (χ0) is 20.7. The van der Waals surface area contributed by atoms with Gasteiger partial charge in [0.05, 0.1) is 30.6 Å². The normalized spacial score (nSPS) is 12.9. The summed E-state index contributed by atoms with van der Waals surface area (Å²) < 4.78 is 6.70. The first-order valence-electron chi connectivity index (χ1n) is 9.69. The average molecular weight is 400 g/mol. The standard InChI is InChI=1S/C22H20N6O2/c1-14-21(19-4-3-9-24-28(19)26-14)22(29)27-12-16-11-23-20(25-18(16)13-27)10-15-5-7-17(30-2)8-6-15/h3-9,11H,10,12-13H2,1-2H3. The molecule has 1 amide bonds. The van der Waals surface area contributed by atoms with Gasteiger partial charge in [-0.1, -0.05) is 12.1 Å². The molecule has 8 heteroatoms. The summed E-state index contributed by atoms with van der Waals surface area (Å²) >= 11 is 0. The van der Waals surface area contributed by atoms with Gasteiger partial charge in [0, 0.05) is 30.9 Å². The van der Waals surface area contributed by atoms with Crippen molar-refractivity contribution in [2.75, 3.05) is 7.11 Å². The van der Waals surface area contributed by atoms with Crippen LogP contribution in [0.4, 0.5) is 0 Å². The molecule has 0 saturated heterocycles. The van der Waals surface area contributed by atoms with Crippen LogP contribution >= 0.6 is 0 Å². The number of aryl methyl sites for hydroxylation is 1. The third kappa shape index (κ3) is 3.16. The van der Waals surface area contributed by atoms with Crippen LogP contribution in [0.5, 0.6) is 5.75 Å². The second-order valence-corrected chi connectivity index (χ2v) is 7.30. The second kappa shape index (κ2) is 7.22. The van der Waals surface area contributed by atoms with Gasteiger partial charge >= 0.3 is 0 Å². The number of carbonyl (C=O) groups is 1. The summed E-state index contributed by atoms with van der Waals surface area (Å²) in [6, 6.07) is 11.5. The van der Waals surface area contributed by atoms with E-state index < -0.39 is 0 Å². The molecule has 3 aromatic heterocycles. The third-order valence-electron chi connectivity index (χ3n) is 5.32. The molecule has 0 bridgehead atoms. The Hall–Kier alpha value is -3.81. The van der Waals surface area contributed by atoms with Crippen molar-refractivity contribution in [1.29, 1.82) is 0 Å². The minimum absolute atomic E-state index is 0.0646. The van der Waals surface area contributed by atoms with E-state index in [0.29, 0.717) is 36.3 Å². The van der Waals surface area contributed by atoms with E-state index in [4.69, 9.17) is 9.72 Å². The largest absolute Gasteiger partial charge is 0.497 e. The van der Waals surface area contributed by atoms with E-state index in [1.807, 2.05) is 49.5 Å². The summed E-state index contributed by atoms with van der Waals surface area (Å²) in [6.07, 6.45) is 4.11. The highest BCUT2D eigenvalue weighted by molar-refractivity contribution is 6.02. The van der Waals surface area contributed by atoms with Gasteiger partial charge in [-0.2, -0.15) is 14.8 Å². The topological polar surface area (TPSA) is 85.5 Å². The number of rotatable bonds is 4. The molecular formula is C22H20N6O2. The van der Waals surface area contributed by atoms with Crippen molar-refractivity contribution in [2.45, 2.75) is 26.4 Å². The first-order chi connectivity index (χ1) is 14.6. The van der Waals surface area contributed by atoms with Gasteiger partial charge < -0.3 is 9.64 Å². The van der Waals surface area contributed by atoms with Gasteiger partial charge in [-0.25, -0.2) is 9.97 Å². The zero-order valence-electron chi connectivity index (χ0n) is 16.7. The summed E-state index contributed by atoms with van der Waals surface area (Å²) in [4.78, 5) is 24.2. The number of amides is 1. The molecule has 0 atom stereocenters. The van der Waals surface area contributed by atoms with Crippen molar-refractivity contribution >= 4 is 11.4 Å². The third-order valence-corrected chi connectivity index (χ3v) is 5.32. The van der Waals surface area contributed by atoms with Gasteiger partial charge in [0.1, 0.15) is 17.1 Å². The Morgan fingerprint density at radius 3 is 2.80 bits per heavy atom. The number of fused-ring (bicyclic) bond motifs is 2. The summed E-state index contributed by atoms with van der Waals surface area (Å²) in [7, 11) is 1.65. The van der Waals surface area contributed by atoms with Crippen molar-refractivity contribution in [3.05, 3.63) is 82.7 Å². The fraction of sp³-hybridized carbons (Fsp3) is 0.227. The minimum atomic E-state index is -0.0646.